The summed E-state index contributed by atoms with van der Waals surface area (Å²) in [5.74, 6) is 2.08. The van der Waals surface area contributed by atoms with Crippen LogP contribution in [0.25, 0.3) is 11.5 Å². The standard InChI is InChI=1S/C15H19N3O2/c1-9(2)11-6-8-19-13(11)15-17-14(18-20-15)12-10(3)5-4-7-16-12/h4-5,7,9,11,13H,6,8H2,1-3H3/t11-,13-/m0/s1. The maximum atomic E-state index is 5.78. The number of ether oxygens (including phenoxy) is 1. The first-order chi connectivity index (χ1) is 9.66. The van der Waals surface area contributed by atoms with E-state index >= 15 is 0 Å². The quantitative estimate of drug-likeness (QED) is 0.859. The van der Waals surface area contributed by atoms with Crippen molar-refractivity contribution in [1.82, 2.24) is 15.1 Å². The third kappa shape index (κ3) is 2.33. The van der Waals surface area contributed by atoms with E-state index in [0.29, 0.717) is 23.6 Å². The van der Waals surface area contributed by atoms with Crippen LogP contribution in [0.15, 0.2) is 22.9 Å². The normalized spacial score (nSPS) is 22.6. The van der Waals surface area contributed by atoms with Crippen LogP contribution in [0.1, 0.15) is 37.8 Å². The van der Waals surface area contributed by atoms with Crippen LogP contribution in [0.3, 0.4) is 0 Å². The van der Waals surface area contributed by atoms with Crippen LogP contribution >= 0.6 is 0 Å². The Morgan fingerprint density at radius 1 is 1.35 bits per heavy atom. The van der Waals surface area contributed by atoms with Gasteiger partial charge in [0.15, 0.2) is 0 Å². The summed E-state index contributed by atoms with van der Waals surface area (Å²) < 4.78 is 11.2. The SMILES string of the molecule is Cc1cccnc1-c1noc([C@H]2OCC[C@H]2C(C)C)n1. The van der Waals surface area contributed by atoms with Gasteiger partial charge in [-0.15, -0.1) is 0 Å². The highest BCUT2D eigenvalue weighted by molar-refractivity contribution is 5.53. The number of aryl methyl sites for hydroxylation is 1. The summed E-state index contributed by atoms with van der Waals surface area (Å²) in [6.07, 6.45) is 2.70. The third-order valence-corrected chi connectivity index (χ3v) is 3.90. The highest BCUT2D eigenvalue weighted by Crippen LogP contribution is 2.38. The molecule has 1 fully saturated rings. The molecule has 0 radical (unpaired) electrons. The Hall–Kier alpha value is -1.75. The van der Waals surface area contributed by atoms with E-state index in [4.69, 9.17) is 9.26 Å². The number of nitrogens with zero attached hydrogens (tertiary/aromatic N) is 3. The lowest BCUT2D eigenvalue weighted by Crippen LogP contribution is -2.13. The highest BCUT2D eigenvalue weighted by atomic mass is 16.5. The van der Waals surface area contributed by atoms with Gasteiger partial charge in [0.05, 0.1) is 0 Å². The average Bonchev–Trinajstić information content (AvgIpc) is 3.07. The molecule has 3 rings (SSSR count). The predicted molar refractivity (Wildman–Crippen MR) is 73.9 cm³/mol. The first-order valence-corrected chi connectivity index (χ1v) is 7.04. The minimum Gasteiger partial charge on any atom is -0.368 e. The molecule has 5 heteroatoms. The molecule has 5 nitrogen and oxygen atoms in total. The molecule has 0 spiro atoms. The molecule has 0 aliphatic carbocycles. The van der Waals surface area contributed by atoms with Crippen LogP contribution in [0.4, 0.5) is 0 Å². The predicted octanol–water partition coefficient (Wildman–Crippen LogP) is 3.17. The Labute approximate surface area is 118 Å². The lowest BCUT2D eigenvalue weighted by Gasteiger charge is -2.18. The van der Waals surface area contributed by atoms with Crippen molar-refractivity contribution in [2.45, 2.75) is 33.3 Å². The summed E-state index contributed by atoms with van der Waals surface area (Å²) in [6, 6.07) is 3.88. The lowest BCUT2D eigenvalue weighted by molar-refractivity contribution is 0.0520. The van der Waals surface area contributed by atoms with Crippen molar-refractivity contribution in [2.24, 2.45) is 11.8 Å². The molecule has 0 aromatic carbocycles. The Bertz CT molecular complexity index is 594. The molecule has 1 aliphatic heterocycles. The fourth-order valence-corrected chi connectivity index (χ4v) is 2.71. The molecule has 2 aromatic rings. The number of hydrogen-bond donors (Lipinski definition) is 0. The van der Waals surface area contributed by atoms with Crippen molar-refractivity contribution < 1.29 is 9.26 Å². The van der Waals surface area contributed by atoms with Gasteiger partial charge >= 0.3 is 0 Å². The second-order valence-corrected chi connectivity index (χ2v) is 5.61. The van der Waals surface area contributed by atoms with Crippen LogP contribution in [-0.2, 0) is 4.74 Å². The molecule has 0 N–H and O–H groups in total. The van der Waals surface area contributed by atoms with Gasteiger partial charge in [0.25, 0.3) is 5.89 Å². The minimum absolute atomic E-state index is 0.0831. The van der Waals surface area contributed by atoms with Gasteiger partial charge in [0, 0.05) is 12.8 Å². The second kappa shape index (κ2) is 5.32. The molecule has 0 saturated carbocycles. The monoisotopic (exact) mass is 273 g/mol. The number of rotatable bonds is 3. The van der Waals surface area contributed by atoms with Gasteiger partial charge in [0.2, 0.25) is 5.82 Å². The largest absolute Gasteiger partial charge is 0.368 e. The van der Waals surface area contributed by atoms with Crippen molar-refractivity contribution in [3.8, 4) is 11.5 Å². The maximum Gasteiger partial charge on any atom is 0.256 e. The van der Waals surface area contributed by atoms with Crippen LogP contribution in [0, 0.1) is 18.8 Å². The molecule has 106 valence electrons. The molecule has 2 atom stereocenters. The topological polar surface area (TPSA) is 61.0 Å². The van der Waals surface area contributed by atoms with Gasteiger partial charge in [-0.25, -0.2) is 0 Å². The molecule has 2 aromatic heterocycles. The number of hydrogen-bond acceptors (Lipinski definition) is 5. The Morgan fingerprint density at radius 2 is 2.20 bits per heavy atom. The molecule has 1 aliphatic rings. The van der Waals surface area contributed by atoms with E-state index in [2.05, 4.69) is 29.0 Å². The fourth-order valence-electron chi connectivity index (χ4n) is 2.71. The van der Waals surface area contributed by atoms with Crippen molar-refractivity contribution >= 4 is 0 Å². The van der Waals surface area contributed by atoms with Crippen molar-refractivity contribution in [1.29, 1.82) is 0 Å². The third-order valence-electron chi connectivity index (χ3n) is 3.90. The smallest absolute Gasteiger partial charge is 0.256 e. The number of aromatic nitrogens is 3. The molecule has 0 amide bonds. The first kappa shape index (κ1) is 13.2. The summed E-state index contributed by atoms with van der Waals surface area (Å²) >= 11 is 0. The van der Waals surface area contributed by atoms with E-state index in [-0.39, 0.29) is 6.10 Å². The fraction of sp³-hybridized carbons (Fsp3) is 0.533. The van der Waals surface area contributed by atoms with E-state index in [1.54, 1.807) is 6.20 Å². The summed E-state index contributed by atoms with van der Waals surface area (Å²) in [4.78, 5) is 8.81. The van der Waals surface area contributed by atoms with Gasteiger partial charge in [-0.05, 0) is 36.8 Å². The molecule has 0 unspecified atom stereocenters. The molecular weight excluding hydrogens is 254 g/mol. The molecule has 0 bridgehead atoms. The van der Waals surface area contributed by atoms with Gasteiger partial charge in [-0.3, -0.25) is 4.98 Å². The second-order valence-electron chi connectivity index (χ2n) is 5.61. The summed E-state index contributed by atoms with van der Waals surface area (Å²) in [7, 11) is 0. The number of pyridine rings is 1. The maximum absolute atomic E-state index is 5.78. The molecule has 3 heterocycles. The zero-order valence-corrected chi connectivity index (χ0v) is 12.0. The lowest BCUT2D eigenvalue weighted by atomic mass is 9.89. The van der Waals surface area contributed by atoms with Crippen LogP contribution in [0.2, 0.25) is 0 Å². The minimum atomic E-state index is -0.0831. The van der Waals surface area contributed by atoms with Gasteiger partial charge in [0.1, 0.15) is 11.8 Å². The Balaban J connectivity index is 1.89. The van der Waals surface area contributed by atoms with Gasteiger partial charge in [-0.1, -0.05) is 25.1 Å². The van der Waals surface area contributed by atoms with Gasteiger partial charge < -0.3 is 9.26 Å². The highest BCUT2D eigenvalue weighted by Gasteiger charge is 2.36. The summed E-state index contributed by atoms with van der Waals surface area (Å²) in [6.45, 7) is 7.15. The van der Waals surface area contributed by atoms with Crippen LogP contribution < -0.4 is 0 Å². The van der Waals surface area contributed by atoms with Crippen molar-refractivity contribution in [2.75, 3.05) is 6.61 Å². The van der Waals surface area contributed by atoms with E-state index in [1.165, 1.54) is 0 Å². The van der Waals surface area contributed by atoms with Crippen LogP contribution in [-0.4, -0.2) is 21.7 Å². The molecule has 1 saturated heterocycles. The summed E-state index contributed by atoms with van der Waals surface area (Å²) in [5, 5.41) is 4.06. The van der Waals surface area contributed by atoms with E-state index in [1.807, 2.05) is 19.1 Å². The summed E-state index contributed by atoms with van der Waals surface area (Å²) in [5.41, 5.74) is 1.80. The first-order valence-electron chi connectivity index (χ1n) is 7.04. The molecule has 20 heavy (non-hydrogen) atoms. The zero-order chi connectivity index (χ0) is 14.1. The van der Waals surface area contributed by atoms with Gasteiger partial charge in [-0.2, -0.15) is 4.98 Å². The van der Waals surface area contributed by atoms with Crippen LogP contribution in [0.5, 0.6) is 0 Å². The molecular formula is C15H19N3O2. The average molecular weight is 273 g/mol. The van der Waals surface area contributed by atoms with Crippen molar-refractivity contribution in [3.05, 3.63) is 29.8 Å². The van der Waals surface area contributed by atoms with E-state index in [0.717, 1.165) is 24.3 Å². The van der Waals surface area contributed by atoms with E-state index in [9.17, 15) is 0 Å². The Morgan fingerprint density at radius 3 is 2.95 bits per heavy atom. The van der Waals surface area contributed by atoms with Crippen molar-refractivity contribution in [3.63, 3.8) is 0 Å². The Kier molecular flexibility index (Phi) is 3.53. The zero-order valence-electron chi connectivity index (χ0n) is 12.0. The van der Waals surface area contributed by atoms with E-state index < -0.39 is 0 Å².